The highest BCUT2D eigenvalue weighted by Crippen LogP contribution is 2.34. The van der Waals surface area contributed by atoms with E-state index >= 15 is 0 Å². The molecule has 0 atom stereocenters. The monoisotopic (exact) mass is 447 g/mol. The summed E-state index contributed by atoms with van der Waals surface area (Å²) in [6.45, 7) is 0.421. The summed E-state index contributed by atoms with van der Waals surface area (Å²) in [7, 11) is 3.21. The van der Waals surface area contributed by atoms with Gasteiger partial charge in [0.25, 0.3) is 5.91 Å². The maximum atomic E-state index is 12.2. The predicted molar refractivity (Wildman–Crippen MR) is 119 cm³/mol. The van der Waals surface area contributed by atoms with Crippen LogP contribution in [0.2, 0.25) is 5.02 Å². The Kier molecular flexibility index (Phi) is 7.62. The van der Waals surface area contributed by atoms with Crippen LogP contribution >= 0.6 is 33.2 Å². The molecule has 1 amide bonds. The maximum absolute atomic E-state index is 12.2. The van der Waals surface area contributed by atoms with Crippen LogP contribution in [-0.2, 0) is 11.2 Å². The zero-order valence-electron chi connectivity index (χ0n) is 15.2. The quantitative estimate of drug-likeness (QED) is 0.154. The van der Waals surface area contributed by atoms with Crippen molar-refractivity contribution in [1.82, 2.24) is 10.3 Å². The lowest BCUT2D eigenvalue weighted by molar-refractivity contribution is -0.114. The van der Waals surface area contributed by atoms with E-state index in [1.165, 1.54) is 12.1 Å². The summed E-state index contributed by atoms with van der Waals surface area (Å²) >= 11 is 5.86. The number of carbonyl (C=O) groups excluding carboxylic acids is 1. The first kappa shape index (κ1) is 21.3. The number of hydrogen-bond donors (Lipinski definition) is 3. The first-order valence-electron chi connectivity index (χ1n) is 8.68. The summed E-state index contributed by atoms with van der Waals surface area (Å²) in [5.74, 6) is 0.177. The molecule has 0 fully saturated rings. The summed E-state index contributed by atoms with van der Waals surface area (Å²) in [6.07, 6.45) is 1.88. The molecule has 2 aromatic carbocycles. The second-order valence-electron chi connectivity index (χ2n) is 6.00. The number of pyridine rings is 1. The Labute approximate surface area is 180 Å². The summed E-state index contributed by atoms with van der Waals surface area (Å²) in [5.41, 5.74) is 1.59. The van der Waals surface area contributed by atoms with Crippen molar-refractivity contribution in [1.29, 1.82) is 0 Å². The van der Waals surface area contributed by atoms with E-state index in [4.69, 9.17) is 16.8 Å². The minimum Gasteiger partial charge on any atom is -0.506 e. The number of aromatic nitrogens is 1. The SMILES string of the molecule is O=C(NCCSSc1cccc2cccnc12)/C(Cc1ccc(O)c(Cl)c1)=N/O. The third-order valence-corrected chi connectivity index (χ3v) is 6.67. The first-order chi connectivity index (χ1) is 14.1. The van der Waals surface area contributed by atoms with Crippen LogP contribution in [0.4, 0.5) is 0 Å². The fraction of sp³-hybridized carbons (Fsp3) is 0.150. The smallest absolute Gasteiger partial charge is 0.269 e. The standard InChI is InChI=1S/C20H18ClN3O3S2/c21-15-11-13(6-7-17(15)25)12-16(24-27)20(26)23-9-10-28-29-18-5-1-3-14-4-2-8-22-19(14)18/h1-8,11,25,27H,9-10,12H2,(H,23,26)/b24-16+. The van der Waals surface area contributed by atoms with E-state index in [1.807, 2.05) is 30.3 Å². The summed E-state index contributed by atoms with van der Waals surface area (Å²) in [5, 5.41) is 25.7. The Morgan fingerprint density at radius 1 is 1.21 bits per heavy atom. The fourth-order valence-electron chi connectivity index (χ4n) is 2.57. The molecular formula is C20H18ClN3O3S2. The third kappa shape index (κ3) is 5.79. The molecule has 0 aliphatic heterocycles. The molecule has 3 rings (SSSR count). The molecule has 3 N–H and O–H groups in total. The number of halogens is 1. The number of hydrogen-bond acceptors (Lipinski definition) is 7. The molecule has 0 radical (unpaired) electrons. The number of benzene rings is 2. The topological polar surface area (TPSA) is 94.8 Å². The van der Waals surface area contributed by atoms with Crippen LogP contribution in [0, 0.1) is 0 Å². The maximum Gasteiger partial charge on any atom is 0.269 e. The Bertz CT molecular complexity index is 1040. The van der Waals surface area contributed by atoms with Crippen molar-refractivity contribution >= 4 is 55.7 Å². The van der Waals surface area contributed by atoms with Gasteiger partial charge in [-0.2, -0.15) is 0 Å². The summed E-state index contributed by atoms with van der Waals surface area (Å²) < 4.78 is 0. The molecule has 0 bridgehead atoms. The highest BCUT2D eigenvalue weighted by atomic mass is 35.5. The van der Waals surface area contributed by atoms with Gasteiger partial charge in [-0.1, -0.05) is 62.6 Å². The molecule has 0 aliphatic rings. The van der Waals surface area contributed by atoms with Crippen molar-refractivity contribution in [2.75, 3.05) is 12.3 Å². The molecule has 3 aromatic rings. The van der Waals surface area contributed by atoms with E-state index in [9.17, 15) is 9.90 Å². The Morgan fingerprint density at radius 2 is 2.03 bits per heavy atom. The molecular weight excluding hydrogens is 430 g/mol. The minimum absolute atomic E-state index is 0.0253. The molecule has 1 heterocycles. The number of amides is 1. The largest absolute Gasteiger partial charge is 0.506 e. The molecule has 1 aromatic heterocycles. The van der Waals surface area contributed by atoms with Crippen molar-refractivity contribution in [3.63, 3.8) is 0 Å². The van der Waals surface area contributed by atoms with Crippen molar-refractivity contribution in [3.05, 3.63) is 65.3 Å². The lowest BCUT2D eigenvalue weighted by atomic mass is 10.1. The lowest BCUT2D eigenvalue weighted by Crippen LogP contribution is -2.33. The average Bonchev–Trinajstić information content (AvgIpc) is 2.74. The van der Waals surface area contributed by atoms with Crippen LogP contribution in [0.15, 0.2) is 64.8 Å². The van der Waals surface area contributed by atoms with Crippen LogP contribution in [0.5, 0.6) is 5.75 Å². The van der Waals surface area contributed by atoms with E-state index in [0.717, 1.165) is 15.8 Å². The van der Waals surface area contributed by atoms with Crippen LogP contribution in [0.25, 0.3) is 10.9 Å². The Hall–Kier alpha value is -2.42. The molecule has 0 unspecified atom stereocenters. The van der Waals surface area contributed by atoms with Gasteiger partial charge in [0, 0.05) is 35.2 Å². The molecule has 0 saturated carbocycles. The van der Waals surface area contributed by atoms with Crippen molar-refractivity contribution in [2.45, 2.75) is 11.3 Å². The van der Waals surface area contributed by atoms with E-state index < -0.39 is 5.91 Å². The third-order valence-electron chi connectivity index (χ3n) is 3.98. The van der Waals surface area contributed by atoms with Crippen LogP contribution in [-0.4, -0.2) is 39.2 Å². The number of fused-ring (bicyclic) bond motifs is 1. The molecule has 6 nitrogen and oxygen atoms in total. The number of rotatable bonds is 8. The molecule has 0 aliphatic carbocycles. The molecule has 0 spiro atoms. The molecule has 29 heavy (non-hydrogen) atoms. The zero-order chi connectivity index (χ0) is 20.6. The number of aromatic hydroxyl groups is 1. The second kappa shape index (κ2) is 10.4. The van der Waals surface area contributed by atoms with Gasteiger partial charge in [0.1, 0.15) is 11.5 Å². The predicted octanol–water partition coefficient (Wildman–Crippen LogP) is 4.52. The van der Waals surface area contributed by atoms with Gasteiger partial charge in [0.2, 0.25) is 0 Å². The highest BCUT2D eigenvalue weighted by Gasteiger charge is 2.14. The summed E-state index contributed by atoms with van der Waals surface area (Å²) in [6, 6.07) is 14.5. The van der Waals surface area contributed by atoms with Gasteiger partial charge in [-0.25, -0.2) is 0 Å². The fourth-order valence-corrected chi connectivity index (χ4v) is 4.84. The zero-order valence-corrected chi connectivity index (χ0v) is 17.6. The van der Waals surface area contributed by atoms with E-state index in [-0.39, 0.29) is 22.9 Å². The Morgan fingerprint density at radius 3 is 2.83 bits per heavy atom. The van der Waals surface area contributed by atoms with E-state index in [1.54, 1.807) is 33.9 Å². The van der Waals surface area contributed by atoms with Gasteiger partial charge in [-0.05, 0) is 29.8 Å². The van der Waals surface area contributed by atoms with Gasteiger partial charge < -0.3 is 15.6 Å². The van der Waals surface area contributed by atoms with Gasteiger partial charge in [-0.3, -0.25) is 9.78 Å². The molecule has 150 valence electrons. The van der Waals surface area contributed by atoms with Crippen molar-refractivity contribution < 1.29 is 15.1 Å². The normalized spacial score (nSPS) is 11.6. The van der Waals surface area contributed by atoms with Gasteiger partial charge in [-0.15, -0.1) is 0 Å². The number of phenolic OH excluding ortho intramolecular Hbond substituents is 1. The number of oxime groups is 1. The highest BCUT2D eigenvalue weighted by molar-refractivity contribution is 8.76. The van der Waals surface area contributed by atoms with Gasteiger partial charge >= 0.3 is 0 Å². The number of phenols is 1. The lowest BCUT2D eigenvalue weighted by Gasteiger charge is -2.08. The average molecular weight is 448 g/mol. The number of carbonyl (C=O) groups is 1. The summed E-state index contributed by atoms with van der Waals surface area (Å²) in [4.78, 5) is 17.7. The van der Waals surface area contributed by atoms with E-state index in [0.29, 0.717) is 17.9 Å². The van der Waals surface area contributed by atoms with Crippen LogP contribution in [0.1, 0.15) is 5.56 Å². The number of nitrogens with zero attached hydrogens (tertiary/aromatic N) is 2. The van der Waals surface area contributed by atoms with Crippen LogP contribution in [0.3, 0.4) is 0 Å². The molecule has 0 saturated heterocycles. The van der Waals surface area contributed by atoms with Crippen LogP contribution < -0.4 is 5.32 Å². The second-order valence-corrected chi connectivity index (χ2v) is 8.87. The van der Waals surface area contributed by atoms with Crippen molar-refractivity contribution in [3.8, 4) is 5.75 Å². The minimum atomic E-state index is -0.450. The number of para-hydroxylation sites is 1. The van der Waals surface area contributed by atoms with Gasteiger partial charge in [0.05, 0.1) is 10.5 Å². The Balaban J connectivity index is 1.46. The van der Waals surface area contributed by atoms with E-state index in [2.05, 4.69) is 15.5 Å². The number of nitrogens with one attached hydrogen (secondary N) is 1. The van der Waals surface area contributed by atoms with Crippen molar-refractivity contribution in [2.24, 2.45) is 5.16 Å². The first-order valence-corrected chi connectivity index (χ1v) is 11.4. The van der Waals surface area contributed by atoms with Gasteiger partial charge in [0.15, 0.2) is 0 Å². The molecule has 9 heteroatoms.